The van der Waals surface area contributed by atoms with E-state index >= 15 is 0 Å². The standard InChI is InChI=1S/C11H12BrN3S/c1-3-13-11-14-4-7(2)10(15-11)8-5-16-6-9(8)12/h4-6H,3H2,1-2H3,(H,13,14,15). The van der Waals surface area contributed by atoms with E-state index in [2.05, 4.69) is 42.0 Å². The van der Waals surface area contributed by atoms with Crippen LogP contribution in [0.1, 0.15) is 12.5 Å². The fourth-order valence-corrected chi connectivity index (χ4v) is 2.88. The lowest BCUT2D eigenvalue weighted by Gasteiger charge is -2.06. The van der Waals surface area contributed by atoms with Gasteiger partial charge in [-0.05, 0) is 35.3 Å². The fourth-order valence-electron chi connectivity index (χ4n) is 1.41. The van der Waals surface area contributed by atoms with E-state index in [0.29, 0.717) is 5.95 Å². The second kappa shape index (κ2) is 4.93. The normalized spacial score (nSPS) is 10.4. The van der Waals surface area contributed by atoms with Crippen LogP contribution in [0.25, 0.3) is 11.3 Å². The number of hydrogen-bond acceptors (Lipinski definition) is 4. The molecule has 0 aliphatic carbocycles. The number of aryl methyl sites for hydroxylation is 1. The van der Waals surface area contributed by atoms with Crippen molar-refractivity contribution in [1.29, 1.82) is 0 Å². The van der Waals surface area contributed by atoms with Gasteiger partial charge in [0, 0.05) is 33.5 Å². The van der Waals surface area contributed by atoms with Crippen LogP contribution in [0.2, 0.25) is 0 Å². The molecule has 5 heteroatoms. The highest BCUT2D eigenvalue weighted by molar-refractivity contribution is 9.10. The van der Waals surface area contributed by atoms with Gasteiger partial charge in [-0.3, -0.25) is 0 Å². The molecule has 2 rings (SSSR count). The Kier molecular flexibility index (Phi) is 3.56. The van der Waals surface area contributed by atoms with Gasteiger partial charge in [-0.15, -0.1) is 0 Å². The Morgan fingerprint density at radius 2 is 2.25 bits per heavy atom. The van der Waals surface area contributed by atoms with Crippen molar-refractivity contribution in [3.8, 4) is 11.3 Å². The minimum absolute atomic E-state index is 0.682. The zero-order valence-corrected chi connectivity index (χ0v) is 11.5. The van der Waals surface area contributed by atoms with Gasteiger partial charge in [0.1, 0.15) is 0 Å². The average Bonchev–Trinajstić information content (AvgIpc) is 2.68. The van der Waals surface area contributed by atoms with Crippen LogP contribution in [0, 0.1) is 6.92 Å². The monoisotopic (exact) mass is 297 g/mol. The lowest BCUT2D eigenvalue weighted by atomic mass is 10.1. The second-order valence-corrected chi connectivity index (χ2v) is 4.99. The molecule has 0 aliphatic rings. The Hall–Kier alpha value is -0.940. The Morgan fingerprint density at radius 1 is 1.44 bits per heavy atom. The maximum Gasteiger partial charge on any atom is 0.223 e. The summed E-state index contributed by atoms with van der Waals surface area (Å²) in [6, 6.07) is 0. The highest BCUT2D eigenvalue weighted by atomic mass is 79.9. The highest BCUT2D eigenvalue weighted by Crippen LogP contribution is 2.32. The zero-order valence-electron chi connectivity index (χ0n) is 9.12. The first-order valence-corrected chi connectivity index (χ1v) is 6.75. The Morgan fingerprint density at radius 3 is 2.88 bits per heavy atom. The summed E-state index contributed by atoms with van der Waals surface area (Å²) in [4.78, 5) is 8.75. The number of thiophene rings is 1. The highest BCUT2D eigenvalue weighted by Gasteiger charge is 2.10. The molecule has 0 fully saturated rings. The van der Waals surface area contributed by atoms with Gasteiger partial charge in [-0.1, -0.05) is 0 Å². The zero-order chi connectivity index (χ0) is 11.5. The predicted molar refractivity (Wildman–Crippen MR) is 71.9 cm³/mol. The van der Waals surface area contributed by atoms with Gasteiger partial charge in [-0.25, -0.2) is 9.97 Å². The van der Waals surface area contributed by atoms with Crippen molar-refractivity contribution in [2.45, 2.75) is 13.8 Å². The molecule has 0 bridgehead atoms. The third-order valence-electron chi connectivity index (χ3n) is 2.18. The first-order valence-electron chi connectivity index (χ1n) is 5.02. The number of nitrogens with one attached hydrogen (secondary N) is 1. The van der Waals surface area contributed by atoms with Crippen LogP contribution in [-0.2, 0) is 0 Å². The molecule has 84 valence electrons. The molecular formula is C11H12BrN3S. The minimum Gasteiger partial charge on any atom is -0.354 e. The summed E-state index contributed by atoms with van der Waals surface area (Å²) in [5, 5.41) is 7.27. The van der Waals surface area contributed by atoms with Crippen LogP contribution in [-0.4, -0.2) is 16.5 Å². The number of rotatable bonds is 3. The predicted octanol–water partition coefficient (Wildman–Crippen LogP) is 3.71. The summed E-state index contributed by atoms with van der Waals surface area (Å²) < 4.78 is 1.08. The maximum atomic E-state index is 4.52. The summed E-state index contributed by atoms with van der Waals surface area (Å²) in [6.45, 7) is 4.88. The van der Waals surface area contributed by atoms with E-state index in [9.17, 15) is 0 Å². The van der Waals surface area contributed by atoms with Crippen molar-refractivity contribution in [2.24, 2.45) is 0 Å². The van der Waals surface area contributed by atoms with Gasteiger partial charge in [0.15, 0.2) is 0 Å². The molecule has 0 radical (unpaired) electrons. The van der Waals surface area contributed by atoms with Crippen molar-refractivity contribution in [3.05, 3.63) is 27.0 Å². The molecule has 0 saturated carbocycles. The minimum atomic E-state index is 0.682. The van der Waals surface area contributed by atoms with Crippen LogP contribution in [0.15, 0.2) is 21.4 Å². The quantitative estimate of drug-likeness (QED) is 0.938. The molecule has 0 aromatic carbocycles. The molecule has 0 unspecified atom stereocenters. The van der Waals surface area contributed by atoms with E-state index in [1.807, 2.05) is 20.0 Å². The Balaban J connectivity index is 2.47. The molecule has 0 atom stereocenters. The molecule has 2 aromatic heterocycles. The van der Waals surface area contributed by atoms with Crippen LogP contribution in [0.4, 0.5) is 5.95 Å². The summed E-state index contributed by atoms with van der Waals surface area (Å²) in [6.07, 6.45) is 1.85. The Bertz CT molecular complexity index is 496. The number of halogens is 1. The van der Waals surface area contributed by atoms with Crippen molar-refractivity contribution in [3.63, 3.8) is 0 Å². The van der Waals surface area contributed by atoms with Crippen LogP contribution < -0.4 is 5.32 Å². The van der Waals surface area contributed by atoms with E-state index in [1.54, 1.807) is 11.3 Å². The number of hydrogen-bond donors (Lipinski definition) is 1. The fraction of sp³-hybridized carbons (Fsp3) is 0.273. The number of aromatic nitrogens is 2. The van der Waals surface area contributed by atoms with Gasteiger partial charge in [0.05, 0.1) is 5.69 Å². The smallest absolute Gasteiger partial charge is 0.223 e. The summed E-state index contributed by atoms with van der Waals surface area (Å²) >= 11 is 5.19. The second-order valence-electron chi connectivity index (χ2n) is 3.39. The summed E-state index contributed by atoms with van der Waals surface area (Å²) in [5.41, 5.74) is 3.20. The van der Waals surface area contributed by atoms with Gasteiger partial charge in [0.25, 0.3) is 0 Å². The maximum absolute atomic E-state index is 4.52. The first kappa shape index (κ1) is 11.5. The molecule has 0 aliphatic heterocycles. The van der Waals surface area contributed by atoms with E-state index < -0.39 is 0 Å². The molecule has 0 amide bonds. The van der Waals surface area contributed by atoms with Crippen molar-refractivity contribution in [2.75, 3.05) is 11.9 Å². The average molecular weight is 298 g/mol. The molecule has 3 nitrogen and oxygen atoms in total. The molecular weight excluding hydrogens is 286 g/mol. The molecule has 2 aromatic rings. The van der Waals surface area contributed by atoms with Crippen LogP contribution >= 0.6 is 27.3 Å². The van der Waals surface area contributed by atoms with Gasteiger partial charge >= 0.3 is 0 Å². The molecule has 0 spiro atoms. The molecule has 1 N–H and O–H groups in total. The van der Waals surface area contributed by atoms with E-state index in [-0.39, 0.29) is 0 Å². The lowest BCUT2D eigenvalue weighted by Crippen LogP contribution is -2.03. The van der Waals surface area contributed by atoms with Crippen LogP contribution in [0.5, 0.6) is 0 Å². The summed E-state index contributed by atoms with van der Waals surface area (Å²) in [7, 11) is 0. The third kappa shape index (κ3) is 2.25. The van der Waals surface area contributed by atoms with Crippen molar-refractivity contribution in [1.82, 2.24) is 9.97 Å². The molecule has 2 heterocycles. The number of nitrogens with zero attached hydrogens (tertiary/aromatic N) is 2. The molecule has 16 heavy (non-hydrogen) atoms. The SMILES string of the molecule is CCNc1ncc(C)c(-c2cscc2Br)n1. The number of anilines is 1. The third-order valence-corrected chi connectivity index (χ3v) is 3.88. The topological polar surface area (TPSA) is 37.8 Å². The largest absolute Gasteiger partial charge is 0.354 e. The van der Waals surface area contributed by atoms with Crippen molar-refractivity contribution < 1.29 is 0 Å². The summed E-state index contributed by atoms with van der Waals surface area (Å²) in [5.74, 6) is 0.682. The van der Waals surface area contributed by atoms with Gasteiger partial charge in [0.2, 0.25) is 5.95 Å². The van der Waals surface area contributed by atoms with E-state index in [0.717, 1.165) is 27.8 Å². The Labute approximate surface area is 107 Å². The van der Waals surface area contributed by atoms with E-state index in [4.69, 9.17) is 0 Å². The van der Waals surface area contributed by atoms with Crippen LogP contribution in [0.3, 0.4) is 0 Å². The van der Waals surface area contributed by atoms with Gasteiger partial charge < -0.3 is 5.32 Å². The lowest BCUT2D eigenvalue weighted by molar-refractivity contribution is 1.07. The first-order chi connectivity index (χ1) is 7.72. The van der Waals surface area contributed by atoms with Crippen molar-refractivity contribution >= 4 is 33.2 Å². The molecule has 0 saturated heterocycles. The van der Waals surface area contributed by atoms with Gasteiger partial charge in [-0.2, -0.15) is 11.3 Å². The van der Waals surface area contributed by atoms with E-state index in [1.165, 1.54) is 0 Å².